The summed E-state index contributed by atoms with van der Waals surface area (Å²) >= 11 is 3.43. The summed E-state index contributed by atoms with van der Waals surface area (Å²) in [5.74, 6) is 0.874. The number of nitrogens with one attached hydrogen (secondary N) is 1. The van der Waals surface area contributed by atoms with Gasteiger partial charge >= 0.3 is 0 Å². The molecule has 1 N–H and O–H groups in total. The molecule has 3 unspecified atom stereocenters. The molecule has 19 heavy (non-hydrogen) atoms. The lowest BCUT2D eigenvalue weighted by atomic mass is 9.69. The minimum Gasteiger partial charge on any atom is -0.380 e. The van der Waals surface area contributed by atoms with Crippen LogP contribution in [0.25, 0.3) is 0 Å². The van der Waals surface area contributed by atoms with Crippen LogP contribution in [-0.2, 0) is 0 Å². The van der Waals surface area contributed by atoms with Crippen LogP contribution in [0.2, 0.25) is 0 Å². The van der Waals surface area contributed by atoms with Gasteiger partial charge in [0.05, 0.1) is 11.4 Å². The molecule has 0 amide bonds. The fourth-order valence-corrected chi connectivity index (χ4v) is 4.69. The standard InChI is InChI=1S/C16H23BrN2/c1-10-12(5-6-14(17)18-10)19-13-9-11-7-8-16(13,4)15(11,2)3/h5-6,11,13,19H,7-9H2,1-4H3. The van der Waals surface area contributed by atoms with Gasteiger partial charge < -0.3 is 5.32 Å². The molecule has 2 aliphatic rings. The van der Waals surface area contributed by atoms with Gasteiger partial charge in [0.2, 0.25) is 0 Å². The molecule has 2 fully saturated rings. The predicted molar refractivity (Wildman–Crippen MR) is 83.3 cm³/mol. The highest BCUT2D eigenvalue weighted by Crippen LogP contribution is 2.65. The molecule has 1 aromatic rings. The zero-order chi connectivity index (χ0) is 13.8. The maximum Gasteiger partial charge on any atom is 0.106 e. The van der Waals surface area contributed by atoms with E-state index in [0.29, 0.717) is 16.9 Å². The van der Waals surface area contributed by atoms with E-state index in [1.54, 1.807) is 0 Å². The average Bonchev–Trinajstić information content (AvgIpc) is 2.65. The Labute approximate surface area is 124 Å². The second-order valence-corrected chi connectivity index (χ2v) is 7.89. The van der Waals surface area contributed by atoms with Gasteiger partial charge in [0.1, 0.15) is 4.60 Å². The van der Waals surface area contributed by atoms with Crippen molar-refractivity contribution in [2.45, 2.75) is 53.0 Å². The normalized spacial score (nSPS) is 35.6. The van der Waals surface area contributed by atoms with Gasteiger partial charge in [-0.1, -0.05) is 20.8 Å². The van der Waals surface area contributed by atoms with E-state index < -0.39 is 0 Å². The van der Waals surface area contributed by atoms with E-state index in [0.717, 1.165) is 16.2 Å². The molecule has 0 aliphatic heterocycles. The summed E-state index contributed by atoms with van der Waals surface area (Å²) in [5.41, 5.74) is 3.15. The minimum absolute atomic E-state index is 0.414. The molecule has 1 heterocycles. The van der Waals surface area contributed by atoms with Gasteiger partial charge in [-0.15, -0.1) is 0 Å². The third-order valence-electron chi connectivity index (χ3n) is 6.18. The molecule has 2 aliphatic carbocycles. The molecular weight excluding hydrogens is 300 g/mol. The number of aryl methyl sites for hydroxylation is 1. The Morgan fingerprint density at radius 3 is 2.58 bits per heavy atom. The van der Waals surface area contributed by atoms with Crippen LogP contribution in [0.3, 0.4) is 0 Å². The zero-order valence-electron chi connectivity index (χ0n) is 12.3. The fourth-order valence-electron chi connectivity index (χ4n) is 4.29. The first kappa shape index (κ1) is 13.4. The maximum absolute atomic E-state index is 4.49. The summed E-state index contributed by atoms with van der Waals surface area (Å²) in [5, 5.41) is 3.78. The Hall–Kier alpha value is -0.570. The van der Waals surface area contributed by atoms with E-state index in [9.17, 15) is 0 Å². The molecule has 1 aromatic heterocycles. The number of aromatic nitrogens is 1. The maximum atomic E-state index is 4.49. The van der Waals surface area contributed by atoms with Gasteiger partial charge in [-0.3, -0.25) is 0 Å². The van der Waals surface area contributed by atoms with E-state index >= 15 is 0 Å². The summed E-state index contributed by atoms with van der Waals surface area (Å²) in [4.78, 5) is 4.49. The molecule has 3 atom stereocenters. The summed E-state index contributed by atoms with van der Waals surface area (Å²) in [6.45, 7) is 9.46. The Morgan fingerprint density at radius 1 is 1.32 bits per heavy atom. The van der Waals surface area contributed by atoms with Crippen molar-refractivity contribution in [1.82, 2.24) is 4.98 Å². The first-order valence-electron chi connectivity index (χ1n) is 7.24. The van der Waals surface area contributed by atoms with Crippen LogP contribution in [-0.4, -0.2) is 11.0 Å². The lowest BCUT2D eigenvalue weighted by Gasteiger charge is -2.40. The number of fused-ring (bicyclic) bond motifs is 2. The molecule has 0 radical (unpaired) electrons. The van der Waals surface area contributed by atoms with Gasteiger partial charge in [-0.25, -0.2) is 4.98 Å². The van der Waals surface area contributed by atoms with Crippen molar-refractivity contribution in [1.29, 1.82) is 0 Å². The molecule has 0 aromatic carbocycles. The van der Waals surface area contributed by atoms with Crippen molar-refractivity contribution in [2.24, 2.45) is 16.7 Å². The Balaban J connectivity index is 1.86. The molecular formula is C16H23BrN2. The summed E-state index contributed by atoms with van der Waals surface area (Å²) < 4.78 is 0.912. The van der Waals surface area contributed by atoms with Gasteiger partial charge in [0.25, 0.3) is 0 Å². The highest BCUT2D eigenvalue weighted by molar-refractivity contribution is 9.10. The van der Waals surface area contributed by atoms with Crippen LogP contribution in [0.4, 0.5) is 5.69 Å². The van der Waals surface area contributed by atoms with Crippen molar-refractivity contribution in [3.8, 4) is 0 Å². The topological polar surface area (TPSA) is 24.9 Å². The van der Waals surface area contributed by atoms with Crippen molar-refractivity contribution in [3.63, 3.8) is 0 Å². The fraction of sp³-hybridized carbons (Fsp3) is 0.688. The molecule has 0 spiro atoms. The molecule has 2 nitrogen and oxygen atoms in total. The largest absolute Gasteiger partial charge is 0.380 e. The van der Waals surface area contributed by atoms with Crippen LogP contribution in [0.5, 0.6) is 0 Å². The van der Waals surface area contributed by atoms with E-state index in [1.807, 2.05) is 6.07 Å². The van der Waals surface area contributed by atoms with Crippen LogP contribution >= 0.6 is 15.9 Å². The molecule has 2 bridgehead atoms. The van der Waals surface area contributed by atoms with E-state index in [4.69, 9.17) is 0 Å². The van der Waals surface area contributed by atoms with Crippen molar-refractivity contribution < 1.29 is 0 Å². The number of halogens is 1. The van der Waals surface area contributed by atoms with E-state index in [-0.39, 0.29) is 0 Å². The first-order valence-corrected chi connectivity index (χ1v) is 8.03. The Bertz CT molecular complexity index is 511. The number of nitrogens with zero attached hydrogens (tertiary/aromatic N) is 1. The highest BCUT2D eigenvalue weighted by atomic mass is 79.9. The van der Waals surface area contributed by atoms with Crippen molar-refractivity contribution in [3.05, 3.63) is 22.4 Å². The molecule has 2 saturated carbocycles. The molecule has 3 rings (SSSR count). The van der Waals surface area contributed by atoms with Gasteiger partial charge in [-0.05, 0) is 71.0 Å². The Morgan fingerprint density at radius 2 is 2.05 bits per heavy atom. The summed E-state index contributed by atoms with van der Waals surface area (Å²) in [6, 6.07) is 4.76. The number of hydrogen-bond donors (Lipinski definition) is 1. The summed E-state index contributed by atoms with van der Waals surface area (Å²) in [6.07, 6.45) is 4.06. The average molecular weight is 323 g/mol. The third kappa shape index (κ3) is 1.84. The van der Waals surface area contributed by atoms with Crippen molar-refractivity contribution >= 4 is 21.6 Å². The highest BCUT2D eigenvalue weighted by Gasteiger charge is 2.61. The molecule has 3 heteroatoms. The van der Waals surface area contributed by atoms with Gasteiger partial charge in [0.15, 0.2) is 0 Å². The molecule has 0 saturated heterocycles. The number of hydrogen-bond acceptors (Lipinski definition) is 2. The van der Waals surface area contributed by atoms with Crippen LogP contribution < -0.4 is 5.32 Å². The van der Waals surface area contributed by atoms with Crippen LogP contribution in [0.15, 0.2) is 16.7 Å². The Kier molecular flexibility index (Phi) is 2.97. The second kappa shape index (κ2) is 4.21. The smallest absolute Gasteiger partial charge is 0.106 e. The number of pyridine rings is 1. The van der Waals surface area contributed by atoms with Gasteiger partial charge in [0, 0.05) is 6.04 Å². The second-order valence-electron chi connectivity index (χ2n) is 7.07. The number of rotatable bonds is 2. The van der Waals surface area contributed by atoms with Crippen LogP contribution in [0.1, 0.15) is 45.7 Å². The predicted octanol–water partition coefficient (Wildman–Crippen LogP) is 4.78. The number of anilines is 1. The first-order chi connectivity index (χ1) is 8.84. The monoisotopic (exact) mass is 322 g/mol. The SMILES string of the molecule is Cc1nc(Br)ccc1NC1CC2CCC1(C)C2(C)C. The van der Waals surface area contributed by atoms with Gasteiger partial charge in [-0.2, -0.15) is 0 Å². The van der Waals surface area contributed by atoms with E-state index in [2.05, 4.69) is 60.0 Å². The third-order valence-corrected chi connectivity index (χ3v) is 6.62. The molecule has 104 valence electrons. The zero-order valence-corrected chi connectivity index (χ0v) is 13.8. The van der Waals surface area contributed by atoms with E-state index in [1.165, 1.54) is 24.9 Å². The van der Waals surface area contributed by atoms with Crippen LogP contribution in [0, 0.1) is 23.7 Å². The minimum atomic E-state index is 0.414. The lowest BCUT2D eigenvalue weighted by Crippen LogP contribution is -2.40. The lowest BCUT2D eigenvalue weighted by molar-refractivity contribution is 0.142. The van der Waals surface area contributed by atoms with Crippen molar-refractivity contribution in [2.75, 3.05) is 5.32 Å². The quantitative estimate of drug-likeness (QED) is 0.792. The summed E-state index contributed by atoms with van der Waals surface area (Å²) in [7, 11) is 0.